The van der Waals surface area contributed by atoms with Gasteiger partial charge in [-0.3, -0.25) is 0 Å². The molecule has 0 bridgehead atoms. The second-order valence-electron chi connectivity index (χ2n) is 3.96. The van der Waals surface area contributed by atoms with Gasteiger partial charge in [0.15, 0.2) is 0 Å². The third-order valence-corrected chi connectivity index (χ3v) is 4.74. The summed E-state index contributed by atoms with van der Waals surface area (Å²) in [5, 5.41) is 8.76. The lowest BCUT2D eigenvalue weighted by Crippen LogP contribution is -2.40. The van der Waals surface area contributed by atoms with Crippen molar-refractivity contribution in [2.24, 2.45) is 5.73 Å². The van der Waals surface area contributed by atoms with Gasteiger partial charge in [-0.15, -0.1) is 0 Å². The Morgan fingerprint density at radius 2 is 2.24 bits per heavy atom. The van der Waals surface area contributed by atoms with E-state index in [1.807, 2.05) is 6.07 Å². The molecule has 17 heavy (non-hydrogen) atoms. The van der Waals surface area contributed by atoms with Crippen molar-refractivity contribution < 1.29 is 8.42 Å². The van der Waals surface area contributed by atoms with E-state index < -0.39 is 16.2 Å². The van der Waals surface area contributed by atoms with E-state index in [9.17, 15) is 8.42 Å². The molecule has 0 spiro atoms. The van der Waals surface area contributed by atoms with E-state index >= 15 is 0 Å². The fourth-order valence-corrected chi connectivity index (χ4v) is 3.55. The van der Waals surface area contributed by atoms with Gasteiger partial charge in [0.2, 0.25) is 10.0 Å². The highest BCUT2D eigenvalue weighted by atomic mass is 32.2. The highest BCUT2D eigenvalue weighted by Gasteiger charge is 2.33. The van der Waals surface area contributed by atoms with E-state index in [4.69, 9.17) is 11.0 Å². The van der Waals surface area contributed by atoms with Crippen molar-refractivity contribution in [2.75, 3.05) is 6.54 Å². The fourth-order valence-electron chi connectivity index (χ4n) is 1.93. The van der Waals surface area contributed by atoms with E-state index in [1.54, 1.807) is 12.1 Å². The van der Waals surface area contributed by atoms with Crippen LogP contribution in [0.2, 0.25) is 0 Å². The first kappa shape index (κ1) is 12.0. The minimum atomic E-state index is -3.56. The molecule has 2 N–H and O–H groups in total. The maximum atomic E-state index is 12.2. The third kappa shape index (κ3) is 2.17. The highest BCUT2D eigenvalue weighted by Crippen LogP contribution is 2.23. The Kier molecular flexibility index (Phi) is 3.15. The van der Waals surface area contributed by atoms with Gasteiger partial charge < -0.3 is 5.73 Å². The third-order valence-electron chi connectivity index (χ3n) is 2.82. The molecule has 1 aliphatic rings. The molecular weight excluding hydrogens is 238 g/mol. The van der Waals surface area contributed by atoms with Crippen LogP contribution in [0.4, 0.5) is 0 Å². The molecular formula is C11H13N3O2S. The molecule has 2 rings (SSSR count). The average molecular weight is 251 g/mol. The van der Waals surface area contributed by atoms with Crippen molar-refractivity contribution >= 4 is 10.0 Å². The standard InChI is InChI=1S/C11H13N3O2S/c12-8-9-3-1-4-10(7-9)17(15,16)14-6-2-5-11(14)13/h1,3-4,7,11H,2,5-6,13H2. The smallest absolute Gasteiger partial charge is 0.244 e. The summed E-state index contributed by atoms with van der Waals surface area (Å²) in [4.78, 5) is 0.133. The van der Waals surface area contributed by atoms with Crippen LogP contribution >= 0.6 is 0 Å². The number of rotatable bonds is 2. The maximum Gasteiger partial charge on any atom is 0.244 e. The zero-order chi connectivity index (χ0) is 12.5. The van der Waals surface area contributed by atoms with Crippen molar-refractivity contribution in [1.29, 1.82) is 5.26 Å². The molecule has 0 amide bonds. The quantitative estimate of drug-likeness (QED) is 0.835. The summed E-state index contributed by atoms with van der Waals surface area (Å²) in [6.07, 6.45) is 1.00. The Labute approximate surface area is 101 Å². The van der Waals surface area contributed by atoms with Gasteiger partial charge in [0, 0.05) is 6.54 Å². The summed E-state index contributed by atoms with van der Waals surface area (Å²) in [6, 6.07) is 7.92. The molecule has 5 nitrogen and oxygen atoms in total. The van der Waals surface area contributed by atoms with Gasteiger partial charge in [0.25, 0.3) is 0 Å². The van der Waals surface area contributed by atoms with Crippen molar-refractivity contribution in [3.05, 3.63) is 29.8 Å². The molecule has 1 heterocycles. The Morgan fingerprint density at radius 1 is 1.47 bits per heavy atom. The molecule has 1 unspecified atom stereocenters. The zero-order valence-corrected chi connectivity index (χ0v) is 10.0. The number of nitrogens with zero attached hydrogens (tertiary/aromatic N) is 2. The minimum absolute atomic E-state index is 0.133. The number of nitrogens with two attached hydrogens (primary N) is 1. The van der Waals surface area contributed by atoms with E-state index in [0.29, 0.717) is 18.5 Å². The van der Waals surface area contributed by atoms with Gasteiger partial charge in [0.05, 0.1) is 22.7 Å². The SMILES string of the molecule is N#Cc1cccc(S(=O)(=O)N2CCCC2N)c1. The molecule has 0 aliphatic carbocycles. The van der Waals surface area contributed by atoms with E-state index in [1.165, 1.54) is 16.4 Å². The van der Waals surface area contributed by atoms with Crippen LogP contribution in [0.5, 0.6) is 0 Å². The molecule has 6 heteroatoms. The molecule has 0 saturated carbocycles. The predicted octanol–water partition coefficient (Wildman–Crippen LogP) is 0.628. The van der Waals surface area contributed by atoms with Crippen LogP contribution in [0.3, 0.4) is 0 Å². The molecule has 1 saturated heterocycles. The largest absolute Gasteiger partial charge is 0.315 e. The Hall–Kier alpha value is -1.42. The second-order valence-corrected chi connectivity index (χ2v) is 5.86. The fraction of sp³-hybridized carbons (Fsp3) is 0.364. The molecule has 0 radical (unpaired) electrons. The van der Waals surface area contributed by atoms with Gasteiger partial charge in [0.1, 0.15) is 0 Å². The van der Waals surface area contributed by atoms with Crippen LogP contribution < -0.4 is 5.73 Å². The Morgan fingerprint density at radius 3 is 2.82 bits per heavy atom. The van der Waals surface area contributed by atoms with E-state index in [2.05, 4.69) is 0 Å². The number of hydrogen-bond acceptors (Lipinski definition) is 4. The monoisotopic (exact) mass is 251 g/mol. The topological polar surface area (TPSA) is 87.2 Å². The van der Waals surface area contributed by atoms with E-state index in [-0.39, 0.29) is 4.90 Å². The summed E-state index contributed by atoms with van der Waals surface area (Å²) in [7, 11) is -3.56. The van der Waals surface area contributed by atoms with Gasteiger partial charge in [-0.05, 0) is 31.0 Å². The van der Waals surface area contributed by atoms with Gasteiger partial charge in [-0.2, -0.15) is 9.57 Å². The maximum absolute atomic E-state index is 12.2. The number of hydrogen-bond donors (Lipinski definition) is 1. The van der Waals surface area contributed by atoms with E-state index in [0.717, 1.165) is 6.42 Å². The minimum Gasteiger partial charge on any atom is -0.315 e. The van der Waals surface area contributed by atoms with Crippen molar-refractivity contribution in [2.45, 2.75) is 23.9 Å². The lowest BCUT2D eigenvalue weighted by molar-refractivity contribution is 0.396. The predicted molar refractivity (Wildman–Crippen MR) is 62.3 cm³/mol. The lowest BCUT2D eigenvalue weighted by atomic mass is 10.2. The zero-order valence-electron chi connectivity index (χ0n) is 9.20. The summed E-state index contributed by atoms with van der Waals surface area (Å²) in [6.45, 7) is 0.445. The summed E-state index contributed by atoms with van der Waals surface area (Å²) < 4.78 is 25.8. The molecule has 1 aromatic rings. The van der Waals surface area contributed by atoms with Crippen LogP contribution in [0.1, 0.15) is 18.4 Å². The lowest BCUT2D eigenvalue weighted by Gasteiger charge is -2.20. The van der Waals surface area contributed by atoms with Crippen molar-refractivity contribution in [1.82, 2.24) is 4.31 Å². The van der Waals surface area contributed by atoms with Gasteiger partial charge in [-0.25, -0.2) is 8.42 Å². The van der Waals surface area contributed by atoms with Crippen LogP contribution in [0.25, 0.3) is 0 Å². The molecule has 0 aromatic heterocycles. The van der Waals surface area contributed by atoms with Crippen molar-refractivity contribution in [3.63, 3.8) is 0 Å². The number of nitriles is 1. The molecule has 1 fully saturated rings. The molecule has 1 atom stereocenters. The molecule has 1 aliphatic heterocycles. The molecule has 1 aromatic carbocycles. The van der Waals surface area contributed by atoms with Gasteiger partial charge >= 0.3 is 0 Å². The van der Waals surface area contributed by atoms with Crippen LogP contribution in [0.15, 0.2) is 29.2 Å². The first-order valence-corrected chi connectivity index (χ1v) is 6.77. The number of sulfonamides is 1. The van der Waals surface area contributed by atoms with Gasteiger partial charge in [-0.1, -0.05) is 6.07 Å². The number of benzene rings is 1. The highest BCUT2D eigenvalue weighted by molar-refractivity contribution is 7.89. The summed E-state index contributed by atoms with van der Waals surface area (Å²) >= 11 is 0. The van der Waals surface area contributed by atoms with Crippen molar-refractivity contribution in [3.8, 4) is 6.07 Å². The second kappa shape index (κ2) is 4.45. The Balaban J connectivity index is 2.41. The summed E-state index contributed by atoms with van der Waals surface area (Å²) in [5.74, 6) is 0. The first-order chi connectivity index (χ1) is 8.05. The molecule has 90 valence electrons. The van der Waals surface area contributed by atoms with Crippen LogP contribution in [-0.2, 0) is 10.0 Å². The first-order valence-electron chi connectivity index (χ1n) is 5.33. The van der Waals surface area contributed by atoms with Crippen LogP contribution in [-0.4, -0.2) is 25.4 Å². The summed E-state index contributed by atoms with van der Waals surface area (Å²) in [5.41, 5.74) is 6.09. The Bertz CT molecular complexity index is 562. The average Bonchev–Trinajstić information content (AvgIpc) is 2.76. The normalized spacial score (nSPS) is 21.3. The van der Waals surface area contributed by atoms with Crippen LogP contribution in [0, 0.1) is 11.3 Å².